The van der Waals surface area contributed by atoms with E-state index in [4.69, 9.17) is 0 Å². The van der Waals surface area contributed by atoms with Crippen LogP contribution in [0.1, 0.15) is 56.6 Å². The van der Waals surface area contributed by atoms with E-state index in [-0.39, 0.29) is 0 Å². The van der Waals surface area contributed by atoms with Crippen LogP contribution in [0.15, 0.2) is 49.1 Å². The van der Waals surface area contributed by atoms with Gasteiger partial charge in [-0.3, -0.25) is 0 Å². The first-order valence-corrected chi connectivity index (χ1v) is 8.70. The van der Waals surface area contributed by atoms with Gasteiger partial charge in [0.05, 0.1) is 0 Å². The Bertz CT molecular complexity index is 528. The normalized spacial score (nSPS) is 21.3. The lowest BCUT2D eigenvalue weighted by molar-refractivity contribution is 0.313. The van der Waals surface area contributed by atoms with Gasteiger partial charge in [0.2, 0.25) is 0 Å². The van der Waals surface area contributed by atoms with Crippen LogP contribution in [0.4, 0.5) is 0 Å². The van der Waals surface area contributed by atoms with Crippen LogP contribution in [-0.2, 0) is 6.42 Å². The van der Waals surface area contributed by atoms with E-state index in [0.717, 1.165) is 23.8 Å². The summed E-state index contributed by atoms with van der Waals surface area (Å²) in [5.41, 5.74) is 2.51. The van der Waals surface area contributed by atoms with E-state index in [1.165, 1.54) is 44.1 Å². The predicted molar refractivity (Wildman–Crippen MR) is 96.7 cm³/mol. The zero-order valence-electron chi connectivity index (χ0n) is 13.9. The minimum absolute atomic E-state index is 0.724. The summed E-state index contributed by atoms with van der Waals surface area (Å²) < 4.78 is 0. The maximum atomic E-state index is 3.85. The molecule has 1 aliphatic carbocycles. The SMILES string of the molecule is C=CC[C@H]1CC[C@H](C=CC#Cc2ccc(CCC)cc2)CC1. The van der Waals surface area contributed by atoms with Crippen LogP contribution >= 0.6 is 0 Å². The van der Waals surface area contributed by atoms with Crippen molar-refractivity contribution in [3.8, 4) is 11.8 Å². The number of rotatable bonds is 5. The van der Waals surface area contributed by atoms with E-state index in [1.54, 1.807) is 0 Å². The molecule has 0 nitrogen and oxygen atoms in total. The molecule has 1 aromatic rings. The highest BCUT2D eigenvalue weighted by Crippen LogP contribution is 2.31. The largest absolute Gasteiger partial charge is 0.103 e. The van der Waals surface area contributed by atoms with E-state index < -0.39 is 0 Å². The van der Waals surface area contributed by atoms with Crippen molar-refractivity contribution in [2.24, 2.45) is 11.8 Å². The molecule has 0 heteroatoms. The Morgan fingerprint density at radius 2 is 1.86 bits per heavy atom. The van der Waals surface area contributed by atoms with Crippen molar-refractivity contribution in [3.05, 3.63) is 60.2 Å². The summed E-state index contributed by atoms with van der Waals surface area (Å²) >= 11 is 0. The monoisotopic (exact) mass is 292 g/mol. The van der Waals surface area contributed by atoms with E-state index in [1.807, 2.05) is 0 Å². The first kappa shape index (κ1) is 16.6. The third-order valence-corrected chi connectivity index (χ3v) is 4.55. The Morgan fingerprint density at radius 1 is 1.14 bits per heavy atom. The minimum Gasteiger partial charge on any atom is -0.103 e. The van der Waals surface area contributed by atoms with Gasteiger partial charge in [-0.2, -0.15) is 0 Å². The average Bonchev–Trinajstić information content (AvgIpc) is 2.55. The van der Waals surface area contributed by atoms with Gasteiger partial charge in [0, 0.05) is 5.56 Å². The lowest BCUT2D eigenvalue weighted by atomic mass is 9.80. The number of hydrogen-bond donors (Lipinski definition) is 0. The first-order chi connectivity index (χ1) is 10.8. The predicted octanol–water partition coefficient (Wildman–Crippen LogP) is 5.93. The molecule has 0 spiro atoms. The molecule has 1 saturated carbocycles. The molecule has 0 aliphatic heterocycles. The molecule has 0 unspecified atom stereocenters. The van der Waals surface area contributed by atoms with Crippen molar-refractivity contribution in [2.75, 3.05) is 0 Å². The summed E-state index contributed by atoms with van der Waals surface area (Å²) in [6.45, 7) is 6.06. The Hall–Kier alpha value is -1.74. The number of aryl methyl sites for hydroxylation is 1. The summed E-state index contributed by atoms with van der Waals surface area (Å²) in [7, 11) is 0. The molecule has 0 saturated heterocycles. The van der Waals surface area contributed by atoms with Crippen molar-refractivity contribution >= 4 is 0 Å². The van der Waals surface area contributed by atoms with E-state index >= 15 is 0 Å². The van der Waals surface area contributed by atoms with Crippen LogP contribution in [0.3, 0.4) is 0 Å². The second-order valence-corrected chi connectivity index (χ2v) is 6.38. The van der Waals surface area contributed by atoms with Crippen molar-refractivity contribution in [1.82, 2.24) is 0 Å². The fraction of sp³-hybridized carbons (Fsp3) is 0.455. The molecule has 1 aromatic carbocycles. The van der Waals surface area contributed by atoms with Gasteiger partial charge in [-0.25, -0.2) is 0 Å². The molecule has 0 atom stereocenters. The molecule has 22 heavy (non-hydrogen) atoms. The zero-order valence-corrected chi connectivity index (χ0v) is 13.9. The second-order valence-electron chi connectivity index (χ2n) is 6.38. The summed E-state index contributed by atoms with van der Waals surface area (Å²) in [6, 6.07) is 8.65. The van der Waals surface area contributed by atoms with Gasteiger partial charge in [-0.15, -0.1) is 6.58 Å². The standard InChI is InChI=1S/C22H28/c1-3-7-19-11-15-21(16-12-19)9-5-6-10-22-17-13-20(8-4-2)14-18-22/h3,5,9,13-14,17-19,21H,1,4,7-8,11-12,15-16H2,2H3/t19-,21-. The Balaban J connectivity index is 1.79. The van der Waals surface area contributed by atoms with Crippen molar-refractivity contribution in [1.29, 1.82) is 0 Å². The van der Waals surface area contributed by atoms with E-state index in [0.29, 0.717) is 0 Å². The molecule has 0 amide bonds. The molecule has 0 heterocycles. The zero-order chi connectivity index (χ0) is 15.6. The molecule has 1 fully saturated rings. The molecule has 116 valence electrons. The van der Waals surface area contributed by atoms with Crippen molar-refractivity contribution in [2.45, 2.75) is 51.9 Å². The van der Waals surface area contributed by atoms with Crippen LogP contribution in [0.5, 0.6) is 0 Å². The lowest BCUT2D eigenvalue weighted by Gasteiger charge is -2.25. The molecule has 2 rings (SSSR count). The Labute approximate surface area is 136 Å². The number of hydrogen-bond acceptors (Lipinski definition) is 0. The van der Waals surface area contributed by atoms with Gasteiger partial charge < -0.3 is 0 Å². The van der Waals surface area contributed by atoms with Crippen LogP contribution in [0, 0.1) is 23.7 Å². The molecule has 0 N–H and O–H groups in total. The molecular weight excluding hydrogens is 264 g/mol. The highest BCUT2D eigenvalue weighted by molar-refractivity contribution is 5.38. The fourth-order valence-corrected chi connectivity index (χ4v) is 3.20. The second kappa shape index (κ2) is 9.31. The van der Waals surface area contributed by atoms with Gasteiger partial charge in [-0.1, -0.05) is 49.5 Å². The quantitative estimate of drug-likeness (QED) is 0.466. The topological polar surface area (TPSA) is 0 Å². The van der Waals surface area contributed by atoms with Crippen molar-refractivity contribution in [3.63, 3.8) is 0 Å². The van der Waals surface area contributed by atoms with Gasteiger partial charge >= 0.3 is 0 Å². The number of allylic oxidation sites excluding steroid dienone is 3. The summed E-state index contributed by atoms with van der Waals surface area (Å²) in [5, 5.41) is 0. The van der Waals surface area contributed by atoms with Crippen LogP contribution in [0.2, 0.25) is 0 Å². The third kappa shape index (κ3) is 5.57. The summed E-state index contributed by atoms with van der Waals surface area (Å²) in [4.78, 5) is 0. The maximum absolute atomic E-state index is 3.85. The van der Waals surface area contributed by atoms with E-state index in [2.05, 4.69) is 67.8 Å². The smallest absolute Gasteiger partial charge is 0.0249 e. The molecule has 0 bridgehead atoms. The Kier molecular flexibility index (Phi) is 7.04. The van der Waals surface area contributed by atoms with Gasteiger partial charge in [0.1, 0.15) is 0 Å². The first-order valence-electron chi connectivity index (χ1n) is 8.70. The highest BCUT2D eigenvalue weighted by atomic mass is 14.2. The maximum Gasteiger partial charge on any atom is 0.0249 e. The highest BCUT2D eigenvalue weighted by Gasteiger charge is 2.17. The summed E-state index contributed by atoms with van der Waals surface area (Å²) in [6.07, 6.45) is 15.3. The number of benzene rings is 1. The third-order valence-electron chi connectivity index (χ3n) is 4.55. The molecule has 0 aromatic heterocycles. The van der Waals surface area contributed by atoms with Gasteiger partial charge in [0.15, 0.2) is 0 Å². The fourth-order valence-electron chi connectivity index (χ4n) is 3.20. The Morgan fingerprint density at radius 3 is 2.50 bits per heavy atom. The van der Waals surface area contributed by atoms with Crippen LogP contribution in [0.25, 0.3) is 0 Å². The van der Waals surface area contributed by atoms with Gasteiger partial charge in [-0.05, 0) is 74.1 Å². The molecule has 1 aliphatic rings. The lowest BCUT2D eigenvalue weighted by Crippen LogP contribution is -2.12. The molecular formula is C22H28. The average molecular weight is 292 g/mol. The minimum atomic E-state index is 0.724. The van der Waals surface area contributed by atoms with Crippen molar-refractivity contribution < 1.29 is 0 Å². The molecule has 0 radical (unpaired) electrons. The van der Waals surface area contributed by atoms with E-state index in [9.17, 15) is 0 Å². The van der Waals surface area contributed by atoms with Gasteiger partial charge in [0.25, 0.3) is 0 Å². The summed E-state index contributed by atoms with van der Waals surface area (Å²) in [5.74, 6) is 8.02. The van der Waals surface area contributed by atoms with Crippen LogP contribution < -0.4 is 0 Å². The van der Waals surface area contributed by atoms with Crippen LogP contribution in [-0.4, -0.2) is 0 Å².